The minimum atomic E-state index is 0.561. The van der Waals surface area contributed by atoms with Gasteiger partial charge in [-0.2, -0.15) is 10.5 Å². The van der Waals surface area contributed by atoms with Gasteiger partial charge >= 0.3 is 0 Å². The Kier molecular flexibility index (Phi) is 9.20. The molecule has 4 aromatic heterocycles. The highest BCUT2D eigenvalue weighted by molar-refractivity contribution is 6.14. The third-order valence-corrected chi connectivity index (χ3v) is 15.6. The van der Waals surface area contributed by atoms with Gasteiger partial charge in [0.1, 0.15) is 0 Å². The van der Waals surface area contributed by atoms with Gasteiger partial charge in [-0.15, -0.1) is 0 Å². The monoisotopic (exact) mass is 954 g/mol. The molecule has 0 saturated heterocycles. The van der Waals surface area contributed by atoms with Gasteiger partial charge < -0.3 is 18.3 Å². The van der Waals surface area contributed by atoms with Crippen molar-refractivity contribution < 1.29 is 0 Å². The second kappa shape index (κ2) is 16.3. The van der Waals surface area contributed by atoms with Crippen molar-refractivity contribution in [3.63, 3.8) is 0 Å². The average molecular weight is 955 g/mol. The predicted octanol–water partition coefficient (Wildman–Crippen LogP) is 17.5. The summed E-state index contributed by atoms with van der Waals surface area (Å²) >= 11 is 0. The SMILES string of the molecule is Cc1cc(C#N)ccc1-c1ccc(-n2c3ccccc3c3cc(-n4c5ccccc5c5ccccc54)ccc32)cc1-c1cc(C#N)ccc1-n1c2ccccc2c2cc(-n3c4ccccc4c4ccccc43)ccc21. The number of benzene rings is 11. The summed E-state index contributed by atoms with van der Waals surface area (Å²) in [5.74, 6) is 0. The van der Waals surface area contributed by atoms with E-state index in [2.05, 4.69) is 250 Å². The predicted molar refractivity (Wildman–Crippen MR) is 309 cm³/mol. The van der Waals surface area contributed by atoms with Crippen molar-refractivity contribution in [2.24, 2.45) is 0 Å². The van der Waals surface area contributed by atoms with E-state index in [4.69, 9.17) is 0 Å². The third-order valence-electron chi connectivity index (χ3n) is 15.6. The lowest BCUT2D eigenvalue weighted by molar-refractivity contribution is 1.16. The van der Waals surface area contributed by atoms with Crippen LogP contribution in [0.3, 0.4) is 0 Å². The molecule has 75 heavy (non-hydrogen) atoms. The molecule has 0 aliphatic carbocycles. The molecular formula is C69H42N6. The molecule has 0 N–H and O–H groups in total. The first-order chi connectivity index (χ1) is 37.0. The second-order valence-corrected chi connectivity index (χ2v) is 19.6. The number of aromatic nitrogens is 4. The highest BCUT2D eigenvalue weighted by Gasteiger charge is 2.23. The van der Waals surface area contributed by atoms with Gasteiger partial charge in [0.05, 0.1) is 73.1 Å². The summed E-state index contributed by atoms with van der Waals surface area (Å²) in [6.07, 6.45) is 0. The fourth-order valence-corrected chi connectivity index (χ4v) is 12.3. The van der Waals surface area contributed by atoms with Crippen LogP contribution in [0.25, 0.3) is 132 Å². The molecule has 4 heterocycles. The zero-order valence-electron chi connectivity index (χ0n) is 40.7. The van der Waals surface area contributed by atoms with Gasteiger partial charge in [0.2, 0.25) is 0 Å². The summed E-state index contributed by atoms with van der Waals surface area (Å²) < 4.78 is 9.51. The minimum absolute atomic E-state index is 0.561. The lowest BCUT2D eigenvalue weighted by Gasteiger charge is -2.20. The number of hydrogen-bond acceptors (Lipinski definition) is 2. The second-order valence-electron chi connectivity index (χ2n) is 19.6. The molecule has 0 aliphatic rings. The molecule has 0 spiro atoms. The van der Waals surface area contributed by atoms with E-state index in [-0.39, 0.29) is 0 Å². The van der Waals surface area contributed by atoms with Gasteiger partial charge in [0.25, 0.3) is 0 Å². The quantitative estimate of drug-likeness (QED) is 0.167. The van der Waals surface area contributed by atoms with Crippen LogP contribution in [0.2, 0.25) is 0 Å². The zero-order chi connectivity index (χ0) is 49.9. The molecule has 0 amide bonds. The Morgan fingerprint density at radius 2 is 0.613 bits per heavy atom. The van der Waals surface area contributed by atoms with Crippen molar-refractivity contribution in [1.82, 2.24) is 18.3 Å². The van der Waals surface area contributed by atoms with E-state index in [1.165, 1.54) is 32.6 Å². The third kappa shape index (κ3) is 6.24. The molecule has 6 nitrogen and oxygen atoms in total. The number of nitriles is 2. The molecule has 6 heteroatoms. The van der Waals surface area contributed by atoms with E-state index in [0.29, 0.717) is 11.1 Å². The number of fused-ring (bicyclic) bond motifs is 12. The van der Waals surface area contributed by atoms with Crippen LogP contribution >= 0.6 is 0 Å². The van der Waals surface area contributed by atoms with E-state index in [1.54, 1.807) is 0 Å². The highest BCUT2D eigenvalue weighted by Crippen LogP contribution is 2.45. The molecule has 0 unspecified atom stereocenters. The van der Waals surface area contributed by atoms with Crippen LogP contribution in [-0.4, -0.2) is 18.3 Å². The molecule has 0 bridgehead atoms. The van der Waals surface area contributed by atoms with Gasteiger partial charge in [0, 0.05) is 65.7 Å². The van der Waals surface area contributed by atoms with Crippen LogP contribution in [0.5, 0.6) is 0 Å². The molecule has 15 aromatic rings. The topological polar surface area (TPSA) is 67.3 Å². The van der Waals surface area contributed by atoms with Gasteiger partial charge in [-0.3, -0.25) is 0 Å². The Labute approximate surface area is 431 Å². The first kappa shape index (κ1) is 42.3. The number of aryl methyl sites for hydroxylation is 1. The molecule has 0 saturated carbocycles. The maximum absolute atomic E-state index is 10.7. The summed E-state index contributed by atoms with van der Waals surface area (Å²) in [7, 11) is 0. The smallest absolute Gasteiger partial charge is 0.0991 e. The van der Waals surface area contributed by atoms with Crippen LogP contribution in [-0.2, 0) is 0 Å². The van der Waals surface area contributed by atoms with E-state index < -0.39 is 0 Å². The van der Waals surface area contributed by atoms with Gasteiger partial charge in [-0.05, 0) is 144 Å². The van der Waals surface area contributed by atoms with Crippen LogP contribution < -0.4 is 0 Å². The molecular weight excluding hydrogens is 913 g/mol. The Morgan fingerprint density at radius 1 is 0.267 bits per heavy atom. The van der Waals surface area contributed by atoms with Crippen LogP contribution in [0.4, 0.5) is 0 Å². The standard InChI is InChI=1S/C69H42N6/c1-43-36-44(41-70)26-31-49(43)50-32-28-46(74-65-24-12-6-18-55(65)59-39-47(29-34-67(59)74)72-61-20-8-2-14-51(61)52-15-3-9-21-62(52)72)38-57(50)58-37-45(42-71)27-33-68(58)75-66-25-13-7-19-56(66)60-40-48(30-35-69(60)75)73-63-22-10-4-16-53(63)54-17-5-11-23-64(54)73/h2-40H,1H3. The van der Waals surface area contributed by atoms with Crippen LogP contribution in [0.1, 0.15) is 16.7 Å². The van der Waals surface area contributed by atoms with Gasteiger partial charge in [-0.25, -0.2) is 0 Å². The van der Waals surface area contributed by atoms with Crippen LogP contribution in [0, 0.1) is 29.6 Å². The number of rotatable bonds is 6. The number of hydrogen-bond donors (Lipinski definition) is 0. The summed E-state index contributed by atoms with van der Waals surface area (Å²) in [5, 5.41) is 30.1. The van der Waals surface area contributed by atoms with E-state index >= 15 is 0 Å². The Balaban J connectivity index is 0.978. The van der Waals surface area contributed by atoms with Gasteiger partial charge in [-0.1, -0.05) is 121 Å². The molecule has 0 radical (unpaired) electrons. The number of nitrogens with zero attached hydrogens (tertiary/aromatic N) is 6. The fraction of sp³-hybridized carbons (Fsp3) is 0.0145. The first-order valence-electron chi connectivity index (χ1n) is 25.3. The van der Waals surface area contributed by atoms with Crippen molar-refractivity contribution in [3.05, 3.63) is 253 Å². The normalized spacial score (nSPS) is 11.8. The summed E-state index contributed by atoms with van der Waals surface area (Å²) in [4.78, 5) is 0. The van der Waals surface area contributed by atoms with Crippen molar-refractivity contribution >= 4 is 87.2 Å². The van der Waals surface area contributed by atoms with E-state index in [1.807, 2.05) is 24.3 Å². The fourth-order valence-electron chi connectivity index (χ4n) is 12.3. The van der Waals surface area contributed by atoms with Crippen molar-refractivity contribution in [1.29, 1.82) is 10.5 Å². The molecule has 0 aliphatic heterocycles. The molecule has 15 rings (SSSR count). The van der Waals surface area contributed by atoms with Crippen molar-refractivity contribution in [3.8, 4) is 57.1 Å². The molecule has 348 valence electrons. The molecule has 0 atom stereocenters. The Hall–Kier alpha value is -10.4. The van der Waals surface area contributed by atoms with Crippen molar-refractivity contribution in [2.45, 2.75) is 6.92 Å². The maximum atomic E-state index is 10.7. The van der Waals surface area contributed by atoms with E-state index in [0.717, 1.165) is 105 Å². The average Bonchev–Trinajstić information content (AvgIpc) is 4.27. The molecule has 11 aromatic carbocycles. The van der Waals surface area contributed by atoms with Crippen molar-refractivity contribution in [2.75, 3.05) is 0 Å². The Bertz CT molecular complexity index is 4890. The van der Waals surface area contributed by atoms with E-state index in [9.17, 15) is 10.5 Å². The lowest BCUT2D eigenvalue weighted by Crippen LogP contribution is -2.01. The largest absolute Gasteiger partial charge is 0.309 e. The van der Waals surface area contributed by atoms with Gasteiger partial charge in [0.15, 0.2) is 0 Å². The molecule has 0 fully saturated rings. The lowest BCUT2D eigenvalue weighted by atomic mass is 9.89. The minimum Gasteiger partial charge on any atom is -0.309 e. The summed E-state index contributed by atoms with van der Waals surface area (Å²) in [5.41, 5.74) is 19.1. The van der Waals surface area contributed by atoms with Crippen LogP contribution in [0.15, 0.2) is 237 Å². The highest BCUT2D eigenvalue weighted by atomic mass is 15.0. The first-order valence-corrected chi connectivity index (χ1v) is 25.3. The summed E-state index contributed by atoms with van der Waals surface area (Å²) in [6.45, 7) is 2.07. The Morgan fingerprint density at radius 3 is 1.07 bits per heavy atom. The summed E-state index contributed by atoms with van der Waals surface area (Å²) in [6, 6.07) is 89.2. The zero-order valence-corrected chi connectivity index (χ0v) is 40.7. The number of para-hydroxylation sites is 6. The maximum Gasteiger partial charge on any atom is 0.0991 e.